The van der Waals surface area contributed by atoms with E-state index >= 15 is 0 Å². The summed E-state index contributed by atoms with van der Waals surface area (Å²) < 4.78 is 11.9. The summed E-state index contributed by atoms with van der Waals surface area (Å²) in [5.41, 5.74) is 4.90. The third-order valence-electron chi connectivity index (χ3n) is 18.2. The van der Waals surface area contributed by atoms with Crippen LogP contribution in [0.25, 0.3) is 11.3 Å². The van der Waals surface area contributed by atoms with E-state index in [0.717, 1.165) is 90.9 Å². The number of rotatable bonds is 10. The number of ketones is 1. The van der Waals surface area contributed by atoms with Gasteiger partial charge in [-0.3, -0.25) is 14.4 Å². The number of allylic oxidation sites excluding steroid dienone is 2. The first-order valence-electron chi connectivity index (χ1n) is 24.5. The van der Waals surface area contributed by atoms with Gasteiger partial charge in [0.15, 0.2) is 5.78 Å². The van der Waals surface area contributed by atoms with Crippen LogP contribution in [0.15, 0.2) is 71.9 Å². The summed E-state index contributed by atoms with van der Waals surface area (Å²) in [6.45, 7) is 18.0. The molecule has 0 spiro atoms. The first kappa shape index (κ1) is 47.4. The maximum Gasteiger partial charge on any atom is 0.309 e. The van der Waals surface area contributed by atoms with Crippen LogP contribution in [0.1, 0.15) is 131 Å². The fourth-order valence-corrected chi connectivity index (χ4v) is 14.4. The standard InChI is InChI=1S/C42H56O6.C13H16ClN3/c1-24(2)36-33(44)21-42(23-43)19-15-32-28(37(36)42)12-13-35-40(5)18-16-34(26(4)31(40)14-17-41(32,35)6)48-39(46)30-20-29(25(30)3)38(45)47-22-27-10-8-7-9-11-27;1-13(2,15-3)12-16-8-11(17-12)9-4-6-10(14)7-5-9/h7-11,23-26,28-32,34-35H,12-22H2,1-6H3;4-8,15H,1-3H3,(H,16,17). The van der Waals surface area contributed by atoms with E-state index in [0.29, 0.717) is 36.5 Å². The molecule has 65 heavy (non-hydrogen) atoms. The molecule has 350 valence electrons. The number of benzene rings is 2. The number of carbonyl (C=O) groups is 4. The molecule has 6 aliphatic rings. The molecule has 0 saturated heterocycles. The summed E-state index contributed by atoms with van der Waals surface area (Å²) in [5, 5.41) is 3.96. The number of carbonyl (C=O) groups excluding carboxylic acids is 4. The van der Waals surface area contributed by atoms with Gasteiger partial charge in [-0.1, -0.05) is 95.6 Å². The van der Waals surface area contributed by atoms with E-state index in [1.807, 2.05) is 74.8 Å². The zero-order valence-electron chi connectivity index (χ0n) is 40.2. The molecule has 2 aromatic carbocycles. The Labute approximate surface area is 392 Å². The number of nitrogens with zero attached hydrogens (tertiary/aromatic N) is 1. The molecular formula is C55H72ClN3O6. The minimum absolute atomic E-state index is 0.0783. The van der Waals surface area contributed by atoms with Gasteiger partial charge in [0.05, 0.1) is 34.7 Å². The van der Waals surface area contributed by atoms with Crippen LogP contribution in [-0.4, -0.2) is 47.1 Å². The topological polar surface area (TPSA) is 127 Å². The number of halogens is 1. The van der Waals surface area contributed by atoms with Crippen LogP contribution in [0.2, 0.25) is 5.02 Å². The van der Waals surface area contributed by atoms with Gasteiger partial charge in [-0.05, 0) is 165 Å². The molecule has 1 aromatic heterocycles. The highest BCUT2D eigenvalue weighted by molar-refractivity contribution is 6.30. The largest absolute Gasteiger partial charge is 0.462 e. The van der Waals surface area contributed by atoms with E-state index in [-0.39, 0.29) is 76.4 Å². The Morgan fingerprint density at radius 2 is 1.57 bits per heavy atom. The highest BCUT2D eigenvalue weighted by Crippen LogP contribution is 2.71. The normalized spacial score (nSPS) is 35.1. The number of ether oxygens (including phenoxy) is 2. The molecule has 0 radical (unpaired) electrons. The lowest BCUT2D eigenvalue weighted by atomic mass is 9.38. The summed E-state index contributed by atoms with van der Waals surface area (Å²) >= 11 is 5.86. The molecular weight excluding hydrogens is 834 g/mol. The number of hydrogen-bond donors (Lipinski definition) is 2. The molecule has 12 unspecified atom stereocenters. The molecule has 12 atom stereocenters. The quantitative estimate of drug-likeness (QED) is 0.152. The zero-order chi connectivity index (χ0) is 46.6. The monoisotopic (exact) mass is 906 g/mol. The minimum Gasteiger partial charge on any atom is -0.462 e. The fraction of sp³-hybridized carbons (Fsp3) is 0.618. The van der Waals surface area contributed by atoms with Gasteiger partial charge >= 0.3 is 11.9 Å². The Bertz CT molecular complexity index is 2290. The Hall–Kier alpha value is -4.08. The van der Waals surface area contributed by atoms with E-state index in [1.54, 1.807) is 0 Å². The number of aromatic amines is 1. The number of hydrogen-bond acceptors (Lipinski definition) is 8. The van der Waals surface area contributed by atoms with Crippen molar-refractivity contribution >= 4 is 35.6 Å². The second kappa shape index (κ2) is 18.2. The maximum absolute atomic E-state index is 13.5. The summed E-state index contributed by atoms with van der Waals surface area (Å²) in [6, 6.07) is 17.4. The lowest BCUT2D eigenvalue weighted by Crippen LogP contribution is -2.60. The van der Waals surface area contributed by atoms with E-state index in [4.69, 9.17) is 21.1 Å². The molecule has 9 nitrogen and oxygen atoms in total. The van der Waals surface area contributed by atoms with Crippen LogP contribution < -0.4 is 5.32 Å². The number of fused-ring (bicyclic) bond motifs is 7. The molecule has 10 heteroatoms. The third kappa shape index (κ3) is 8.48. The third-order valence-corrected chi connectivity index (χ3v) is 18.5. The van der Waals surface area contributed by atoms with Crippen LogP contribution in [0.3, 0.4) is 0 Å². The summed E-state index contributed by atoms with van der Waals surface area (Å²) in [5.74, 6) is 2.57. The smallest absolute Gasteiger partial charge is 0.309 e. The van der Waals surface area contributed by atoms with Gasteiger partial charge in [0.1, 0.15) is 24.8 Å². The van der Waals surface area contributed by atoms with E-state index < -0.39 is 5.41 Å². The van der Waals surface area contributed by atoms with Gasteiger partial charge in [0, 0.05) is 11.4 Å². The Morgan fingerprint density at radius 1 is 0.908 bits per heavy atom. The van der Waals surface area contributed by atoms with E-state index in [1.165, 1.54) is 5.57 Å². The molecule has 2 N–H and O–H groups in total. The highest BCUT2D eigenvalue weighted by atomic mass is 35.5. The van der Waals surface area contributed by atoms with Crippen molar-refractivity contribution in [3.8, 4) is 11.3 Å². The second-order valence-electron chi connectivity index (χ2n) is 22.2. The van der Waals surface area contributed by atoms with Gasteiger partial charge in [-0.2, -0.15) is 0 Å². The van der Waals surface area contributed by atoms with Gasteiger partial charge in [-0.25, -0.2) is 4.98 Å². The predicted octanol–water partition coefficient (Wildman–Crippen LogP) is 11.5. The molecule has 9 rings (SSSR count). The van der Waals surface area contributed by atoms with Crippen LogP contribution in [0.5, 0.6) is 0 Å². The number of imidazole rings is 1. The van der Waals surface area contributed by atoms with Gasteiger partial charge in [0.25, 0.3) is 0 Å². The average molecular weight is 907 g/mol. The van der Waals surface area contributed by atoms with Gasteiger partial charge in [-0.15, -0.1) is 0 Å². The van der Waals surface area contributed by atoms with Crippen molar-refractivity contribution in [2.45, 2.75) is 138 Å². The molecule has 0 bridgehead atoms. The van der Waals surface area contributed by atoms with Crippen molar-refractivity contribution in [1.82, 2.24) is 15.3 Å². The second-order valence-corrected chi connectivity index (χ2v) is 22.6. The van der Waals surface area contributed by atoms with Crippen molar-refractivity contribution in [2.24, 2.45) is 69.5 Å². The van der Waals surface area contributed by atoms with Crippen molar-refractivity contribution in [3.63, 3.8) is 0 Å². The minimum atomic E-state index is -0.557. The van der Waals surface area contributed by atoms with Crippen molar-refractivity contribution < 1.29 is 28.7 Å². The zero-order valence-corrected chi connectivity index (χ0v) is 40.9. The average Bonchev–Trinajstić information content (AvgIpc) is 3.91. The molecule has 1 heterocycles. The lowest BCUT2D eigenvalue weighted by molar-refractivity contribution is -0.197. The first-order chi connectivity index (χ1) is 30.9. The van der Waals surface area contributed by atoms with Gasteiger partial charge < -0.3 is 24.6 Å². The number of aromatic nitrogens is 2. The van der Waals surface area contributed by atoms with E-state index in [2.05, 4.69) is 63.8 Å². The highest BCUT2D eigenvalue weighted by Gasteiger charge is 2.65. The van der Waals surface area contributed by atoms with Crippen LogP contribution >= 0.6 is 11.6 Å². The number of nitrogens with one attached hydrogen (secondary N) is 2. The van der Waals surface area contributed by atoms with Gasteiger partial charge in [0.2, 0.25) is 0 Å². The maximum atomic E-state index is 13.5. The number of H-pyrrole nitrogens is 1. The molecule has 5 saturated carbocycles. The SMILES string of the molecule is CC(C)C1=C2C3CCC4C(C)(CCC5C(C)C(OC(=O)C6CC(C(=O)OCc7ccccc7)C6C)CCC54C)C3CCC2(C=O)CC1=O.CNC(C)(C)c1ncc(-c2ccc(Cl)cc2)[nH]1. The van der Waals surface area contributed by atoms with Crippen LogP contribution in [0.4, 0.5) is 0 Å². The molecule has 3 aromatic rings. The summed E-state index contributed by atoms with van der Waals surface area (Å²) in [6.07, 6.45) is 12.1. The van der Waals surface area contributed by atoms with Crippen molar-refractivity contribution in [2.75, 3.05) is 7.05 Å². The number of Topliss-reactive ketones (excluding diaryl/α,β-unsaturated/α-hetero) is 1. The molecule has 6 aliphatic carbocycles. The van der Waals surface area contributed by atoms with Crippen molar-refractivity contribution in [1.29, 1.82) is 0 Å². The number of esters is 2. The Kier molecular flexibility index (Phi) is 13.3. The summed E-state index contributed by atoms with van der Waals surface area (Å²) in [7, 11) is 1.92. The van der Waals surface area contributed by atoms with Crippen LogP contribution in [-0.2, 0) is 40.8 Å². The van der Waals surface area contributed by atoms with Crippen LogP contribution in [0, 0.1) is 69.5 Å². The predicted molar refractivity (Wildman–Crippen MR) is 254 cm³/mol. The summed E-state index contributed by atoms with van der Waals surface area (Å²) in [4.78, 5) is 59.9. The van der Waals surface area contributed by atoms with Crippen molar-refractivity contribution in [3.05, 3.63) is 88.4 Å². The lowest BCUT2D eigenvalue weighted by Gasteiger charge is -2.67. The first-order valence-corrected chi connectivity index (χ1v) is 24.9. The fourth-order valence-electron chi connectivity index (χ4n) is 14.2. The molecule has 0 aliphatic heterocycles. The Morgan fingerprint density at radius 3 is 2.23 bits per heavy atom. The Balaban J connectivity index is 0.000000284. The van der Waals surface area contributed by atoms with E-state index in [9.17, 15) is 19.2 Å². The number of aldehydes is 1. The molecule has 5 fully saturated rings. The molecule has 0 amide bonds.